The van der Waals surface area contributed by atoms with Crippen LogP contribution in [0.25, 0.3) is 0 Å². The van der Waals surface area contributed by atoms with Gasteiger partial charge in [-0.25, -0.2) is 19.2 Å². The molecule has 282 valence electrons. The van der Waals surface area contributed by atoms with E-state index in [1.54, 1.807) is 41.5 Å². The second-order valence-corrected chi connectivity index (χ2v) is 11.7. The largest absolute Gasteiger partial charge is 0.462 e. The zero-order valence-electron chi connectivity index (χ0n) is 30.1. The zero-order valence-corrected chi connectivity index (χ0v) is 30.1. The van der Waals surface area contributed by atoms with E-state index in [0.29, 0.717) is 65.6 Å². The van der Waals surface area contributed by atoms with Crippen molar-refractivity contribution in [2.24, 2.45) is 0 Å². The predicted molar refractivity (Wildman–Crippen MR) is 184 cm³/mol. The Balaban J connectivity index is 1.83. The maximum absolute atomic E-state index is 12.5. The molecule has 2 heterocycles. The summed E-state index contributed by atoms with van der Waals surface area (Å²) in [5.74, 6) is -2.13. The molecule has 2 rings (SSSR count). The van der Waals surface area contributed by atoms with Gasteiger partial charge in [0.1, 0.15) is 12.7 Å². The number of carbonyl (C=O) groups is 4. The van der Waals surface area contributed by atoms with E-state index in [2.05, 4.69) is 9.80 Å². The van der Waals surface area contributed by atoms with Crippen molar-refractivity contribution in [1.29, 1.82) is 0 Å². The molecule has 0 N–H and O–H groups in total. The van der Waals surface area contributed by atoms with Gasteiger partial charge in [0.15, 0.2) is 0 Å². The molecule has 0 aromatic heterocycles. The summed E-state index contributed by atoms with van der Waals surface area (Å²) in [4.78, 5) is 57.1. The molecule has 0 bridgehead atoms. The summed E-state index contributed by atoms with van der Waals surface area (Å²) in [5.41, 5.74) is 0. The summed E-state index contributed by atoms with van der Waals surface area (Å²) >= 11 is 0. The zero-order chi connectivity index (χ0) is 36.4. The lowest BCUT2D eigenvalue weighted by Gasteiger charge is -2.28. The number of nitrogens with zero attached hydrogens (tertiary/aromatic N) is 4. The van der Waals surface area contributed by atoms with Crippen molar-refractivity contribution in [2.75, 3.05) is 106 Å². The fraction of sp³-hybridized carbons (Fsp3) is 0.657. The summed E-state index contributed by atoms with van der Waals surface area (Å²) < 4.78 is 36.8. The standard InChI is InChI=1S/C35H56N4O11/c1-5-30(2)49-34(42)8-13-36(15-17-38-19-24-45-25-20-38)11-6-32(40)47-23-10-31(3)50-35(43)9-14-37(12-7-33(41)48-29-28-44-4)16-18-39-21-26-46-27-22-39/h6-9,11-14,30-31H,5,10,15-29H2,1-4H3/b11-6+,12-7+,13-8+,14-9+. The van der Waals surface area contributed by atoms with Crippen molar-refractivity contribution in [3.63, 3.8) is 0 Å². The van der Waals surface area contributed by atoms with Crippen LogP contribution in [0, 0.1) is 0 Å². The maximum Gasteiger partial charge on any atom is 0.332 e. The lowest BCUT2D eigenvalue weighted by Crippen LogP contribution is -2.39. The molecule has 0 saturated carbocycles. The highest BCUT2D eigenvalue weighted by molar-refractivity contribution is 5.83. The molecule has 0 aliphatic carbocycles. The van der Waals surface area contributed by atoms with Gasteiger partial charge >= 0.3 is 23.9 Å². The van der Waals surface area contributed by atoms with Crippen LogP contribution in [0.15, 0.2) is 49.1 Å². The Kier molecular flexibility index (Phi) is 22.1. The smallest absolute Gasteiger partial charge is 0.332 e. The van der Waals surface area contributed by atoms with Crippen LogP contribution in [-0.4, -0.2) is 161 Å². The number of methoxy groups -OCH3 is 1. The Hall–Kier alpha value is -3.76. The van der Waals surface area contributed by atoms with Crippen LogP contribution in [0.5, 0.6) is 0 Å². The third-order valence-corrected chi connectivity index (χ3v) is 7.67. The van der Waals surface area contributed by atoms with Gasteiger partial charge in [0.05, 0.1) is 45.7 Å². The number of morpholine rings is 2. The lowest BCUT2D eigenvalue weighted by molar-refractivity contribution is -0.145. The van der Waals surface area contributed by atoms with Crippen LogP contribution in [0.2, 0.25) is 0 Å². The molecule has 2 aliphatic rings. The topological polar surface area (TPSA) is 146 Å². The van der Waals surface area contributed by atoms with E-state index in [4.69, 9.17) is 33.2 Å². The quantitative estimate of drug-likeness (QED) is 0.0657. The average molecular weight is 709 g/mol. The van der Waals surface area contributed by atoms with Gasteiger partial charge in [0.25, 0.3) is 0 Å². The highest BCUT2D eigenvalue weighted by Gasteiger charge is 2.14. The first kappa shape index (κ1) is 42.4. The number of carbonyl (C=O) groups excluding carboxylic acids is 4. The summed E-state index contributed by atoms with van der Waals surface area (Å²) in [5, 5.41) is 0. The van der Waals surface area contributed by atoms with Crippen molar-refractivity contribution in [3.05, 3.63) is 49.1 Å². The summed E-state index contributed by atoms with van der Waals surface area (Å²) in [7, 11) is 1.52. The first-order valence-electron chi connectivity index (χ1n) is 17.3. The molecule has 0 radical (unpaired) electrons. The van der Waals surface area contributed by atoms with Crippen LogP contribution in [0.3, 0.4) is 0 Å². The first-order valence-corrected chi connectivity index (χ1v) is 17.3. The van der Waals surface area contributed by atoms with Gasteiger partial charge in [-0.05, 0) is 20.3 Å². The minimum absolute atomic E-state index is 0.0335. The fourth-order valence-electron chi connectivity index (χ4n) is 4.45. The van der Waals surface area contributed by atoms with Crippen molar-refractivity contribution >= 4 is 23.9 Å². The Labute approximate surface area is 296 Å². The van der Waals surface area contributed by atoms with Gasteiger partial charge < -0.3 is 43.0 Å². The second kappa shape index (κ2) is 26.1. The summed E-state index contributed by atoms with van der Waals surface area (Å²) in [6.07, 6.45) is 11.7. The molecular formula is C35H56N4O11. The Bertz CT molecular complexity index is 1120. The third-order valence-electron chi connectivity index (χ3n) is 7.67. The molecule has 15 nitrogen and oxygen atoms in total. The number of esters is 4. The SMILES string of the molecule is CCC(C)OC(=O)/C=C/N(/C=C/C(=O)OCCC(C)OC(=O)/C=C/N(/C=C/C(=O)OCCOC)CCN1CCOCC1)CCN1CCOCC1. The molecule has 2 fully saturated rings. The van der Waals surface area contributed by atoms with Crippen LogP contribution >= 0.6 is 0 Å². The highest BCUT2D eigenvalue weighted by Crippen LogP contribution is 2.05. The van der Waals surface area contributed by atoms with E-state index in [-0.39, 0.29) is 25.7 Å². The van der Waals surface area contributed by atoms with Crippen molar-refractivity contribution in [3.8, 4) is 0 Å². The summed E-state index contributed by atoms with van der Waals surface area (Å²) in [6.45, 7) is 14.3. The fourth-order valence-corrected chi connectivity index (χ4v) is 4.45. The third kappa shape index (κ3) is 20.7. The first-order chi connectivity index (χ1) is 24.2. The van der Waals surface area contributed by atoms with Gasteiger partial charge in [0.2, 0.25) is 0 Å². The predicted octanol–water partition coefficient (Wildman–Crippen LogP) is 1.71. The lowest BCUT2D eigenvalue weighted by atomic mass is 10.3. The number of hydrogen-bond donors (Lipinski definition) is 0. The van der Waals surface area contributed by atoms with Crippen LogP contribution in [0.1, 0.15) is 33.6 Å². The normalized spacial score (nSPS) is 17.3. The molecule has 2 atom stereocenters. The van der Waals surface area contributed by atoms with Crippen LogP contribution < -0.4 is 0 Å². The van der Waals surface area contributed by atoms with Crippen LogP contribution in [-0.2, 0) is 52.3 Å². The van der Waals surface area contributed by atoms with Gasteiger partial charge in [-0.2, -0.15) is 0 Å². The summed E-state index contributed by atoms with van der Waals surface area (Å²) in [6, 6.07) is 0. The molecule has 0 aromatic carbocycles. The van der Waals surface area contributed by atoms with E-state index >= 15 is 0 Å². The van der Waals surface area contributed by atoms with Gasteiger partial charge in [0, 0.05) is 115 Å². The van der Waals surface area contributed by atoms with E-state index in [1.165, 1.54) is 31.4 Å². The second-order valence-electron chi connectivity index (χ2n) is 11.7. The van der Waals surface area contributed by atoms with Crippen molar-refractivity contribution in [1.82, 2.24) is 19.6 Å². The molecule has 2 saturated heterocycles. The number of hydrogen-bond acceptors (Lipinski definition) is 15. The Morgan fingerprint density at radius 1 is 0.640 bits per heavy atom. The van der Waals surface area contributed by atoms with E-state index < -0.39 is 30.0 Å². The van der Waals surface area contributed by atoms with Crippen molar-refractivity contribution in [2.45, 2.75) is 45.8 Å². The number of ether oxygens (including phenoxy) is 7. The maximum atomic E-state index is 12.5. The Morgan fingerprint density at radius 3 is 1.50 bits per heavy atom. The molecular weight excluding hydrogens is 652 g/mol. The molecule has 2 unspecified atom stereocenters. The molecule has 0 spiro atoms. The molecule has 0 amide bonds. The van der Waals surface area contributed by atoms with Gasteiger partial charge in [-0.3, -0.25) is 9.80 Å². The van der Waals surface area contributed by atoms with E-state index in [9.17, 15) is 19.2 Å². The molecule has 50 heavy (non-hydrogen) atoms. The van der Waals surface area contributed by atoms with Crippen molar-refractivity contribution < 1.29 is 52.3 Å². The van der Waals surface area contributed by atoms with E-state index in [0.717, 1.165) is 26.2 Å². The van der Waals surface area contributed by atoms with Crippen LogP contribution in [0.4, 0.5) is 0 Å². The Morgan fingerprint density at radius 2 is 1.06 bits per heavy atom. The monoisotopic (exact) mass is 708 g/mol. The van der Waals surface area contributed by atoms with Gasteiger partial charge in [-0.1, -0.05) is 6.92 Å². The van der Waals surface area contributed by atoms with E-state index in [1.807, 2.05) is 13.8 Å². The molecule has 15 heteroatoms. The highest BCUT2D eigenvalue weighted by atomic mass is 16.6. The molecule has 0 aromatic rings. The number of rotatable bonds is 23. The molecule has 2 aliphatic heterocycles. The minimum atomic E-state index is -0.578. The average Bonchev–Trinajstić information content (AvgIpc) is 3.11. The van der Waals surface area contributed by atoms with Gasteiger partial charge in [-0.15, -0.1) is 0 Å². The minimum Gasteiger partial charge on any atom is -0.462 e.